The van der Waals surface area contributed by atoms with E-state index in [1.807, 2.05) is 0 Å². The average molecular weight is 281 g/mol. The maximum atomic E-state index is 10.9. The Kier molecular flexibility index (Phi) is 3.30. The zero-order valence-electron chi connectivity index (χ0n) is 10.9. The number of hydrogen-bond donors (Lipinski definition) is 1. The van der Waals surface area contributed by atoms with Gasteiger partial charge in [-0.15, -0.1) is 0 Å². The second kappa shape index (κ2) is 5.41. The van der Waals surface area contributed by atoms with E-state index in [4.69, 9.17) is 5.11 Å². The predicted octanol–water partition coefficient (Wildman–Crippen LogP) is 1.97. The molecule has 7 heteroatoms. The van der Waals surface area contributed by atoms with E-state index >= 15 is 0 Å². The van der Waals surface area contributed by atoms with E-state index in [1.165, 1.54) is 12.1 Å². The molecule has 104 valence electrons. The van der Waals surface area contributed by atoms with E-state index in [9.17, 15) is 4.79 Å². The predicted molar refractivity (Wildman–Crippen MR) is 75.2 cm³/mol. The van der Waals surface area contributed by atoms with E-state index < -0.39 is 5.97 Å². The minimum absolute atomic E-state index is 0.221. The molecule has 0 atom stereocenters. The Bertz CT molecular complexity index is 726. The van der Waals surface area contributed by atoms with Crippen LogP contribution in [0, 0.1) is 0 Å². The summed E-state index contributed by atoms with van der Waals surface area (Å²) in [7, 11) is 0. The highest BCUT2D eigenvalue weighted by molar-refractivity contribution is 5.88. The van der Waals surface area contributed by atoms with Gasteiger partial charge in [0.2, 0.25) is 5.95 Å². The van der Waals surface area contributed by atoms with Crippen LogP contribution < -0.4 is 5.01 Å². The molecule has 0 unspecified atom stereocenters. The van der Waals surface area contributed by atoms with E-state index in [2.05, 4.69) is 15.0 Å². The van der Waals surface area contributed by atoms with Crippen molar-refractivity contribution in [2.24, 2.45) is 0 Å². The van der Waals surface area contributed by atoms with Crippen LogP contribution in [-0.2, 0) is 0 Å². The van der Waals surface area contributed by atoms with Crippen LogP contribution in [0.15, 0.2) is 61.4 Å². The van der Waals surface area contributed by atoms with Crippen molar-refractivity contribution in [3.05, 3.63) is 67.0 Å². The van der Waals surface area contributed by atoms with Crippen molar-refractivity contribution >= 4 is 17.6 Å². The number of rotatable bonds is 4. The Balaban J connectivity index is 2.06. The van der Waals surface area contributed by atoms with E-state index in [0.717, 1.165) is 5.69 Å². The molecule has 0 fully saturated rings. The molecule has 0 spiro atoms. The maximum Gasteiger partial charge on any atom is 0.335 e. The van der Waals surface area contributed by atoms with Crippen LogP contribution in [0.1, 0.15) is 10.4 Å². The number of anilines is 2. The van der Waals surface area contributed by atoms with E-state index in [-0.39, 0.29) is 5.56 Å². The first-order valence-electron chi connectivity index (χ1n) is 6.14. The molecule has 0 saturated carbocycles. The summed E-state index contributed by atoms with van der Waals surface area (Å²) in [6, 6.07) is 8.18. The lowest BCUT2D eigenvalue weighted by molar-refractivity contribution is 0.0697. The monoisotopic (exact) mass is 281 g/mol. The van der Waals surface area contributed by atoms with Crippen LogP contribution in [0.5, 0.6) is 0 Å². The van der Waals surface area contributed by atoms with Gasteiger partial charge in [-0.1, -0.05) is 0 Å². The highest BCUT2D eigenvalue weighted by atomic mass is 16.4. The molecule has 2 heterocycles. The van der Waals surface area contributed by atoms with Gasteiger partial charge in [-0.25, -0.2) is 29.4 Å². The SMILES string of the molecule is O=C(O)c1ccc(N(c2ncccn2)n2ccnc2)cc1. The molecule has 1 N–H and O–H groups in total. The zero-order chi connectivity index (χ0) is 14.7. The Morgan fingerprint density at radius 3 is 2.38 bits per heavy atom. The molecule has 0 saturated heterocycles. The molecule has 0 aliphatic heterocycles. The summed E-state index contributed by atoms with van der Waals surface area (Å²) in [6.45, 7) is 0. The van der Waals surface area contributed by atoms with Crippen LogP contribution in [0.4, 0.5) is 11.6 Å². The van der Waals surface area contributed by atoms with Gasteiger partial charge in [-0.2, -0.15) is 0 Å². The molecule has 0 aliphatic carbocycles. The minimum atomic E-state index is -0.966. The van der Waals surface area contributed by atoms with Gasteiger partial charge in [0.1, 0.15) is 6.33 Å². The molecule has 0 radical (unpaired) electrons. The molecule has 0 amide bonds. The molecule has 0 bridgehead atoms. The topological polar surface area (TPSA) is 84.1 Å². The third-order valence-electron chi connectivity index (χ3n) is 2.82. The number of aromatic carboxylic acids is 1. The Morgan fingerprint density at radius 1 is 1.10 bits per heavy atom. The number of imidazole rings is 1. The largest absolute Gasteiger partial charge is 0.478 e. The number of nitrogens with zero attached hydrogens (tertiary/aromatic N) is 5. The molecule has 3 aromatic rings. The summed E-state index contributed by atoms with van der Waals surface area (Å²) < 4.78 is 1.71. The van der Waals surface area contributed by atoms with Crippen molar-refractivity contribution in [2.45, 2.75) is 0 Å². The molecule has 3 rings (SSSR count). The molecular formula is C14H11N5O2. The fraction of sp³-hybridized carbons (Fsp3) is 0. The smallest absolute Gasteiger partial charge is 0.335 e. The van der Waals surface area contributed by atoms with Gasteiger partial charge < -0.3 is 5.11 Å². The summed E-state index contributed by atoms with van der Waals surface area (Å²) in [5.41, 5.74) is 0.947. The van der Waals surface area contributed by atoms with Gasteiger partial charge in [-0.05, 0) is 30.3 Å². The number of benzene rings is 1. The van der Waals surface area contributed by atoms with Crippen LogP contribution >= 0.6 is 0 Å². The third-order valence-corrected chi connectivity index (χ3v) is 2.82. The summed E-state index contributed by atoms with van der Waals surface area (Å²) in [6.07, 6.45) is 8.28. The van der Waals surface area contributed by atoms with Gasteiger partial charge in [0.15, 0.2) is 0 Å². The summed E-state index contributed by atoms with van der Waals surface area (Å²) in [5, 5.41) is 10.7. The van der Waals surface area contributed by atoms with Crippen molar-refractivity contribution in [3.63, 3.8) is 0 Å². The first-order valence-corrected chi connectivity index (χ1v) is 6.14. The Hall–Kier alpha value is -3.22. The Morgan fingerprint density at radius 2 is 1.81 bits per heavy atom. The summed E-state index contributed by atoms with van der Waals surface area (Å²) in [4.78, 5) is 23.4. The number of carboxylic acids is 1. The fourth-order valence-corrected chi connectivity index (χ4v) is 1.87. The lowest BCUT2D eigenvalue weighted by Gasteiger charge is -2.22. The van der Waals surface area contributed by atoms with Crippen molar-refractivity contribution < 1.29 is 9.90 Å². The van der Waals surface area contributed by atoms with Gasteiger partial charge in [-0.3, -0.25) is 0 Å². The van der Waals surface area contributed by atoms with Gasteiger partial charge in [0, 0.05) is 24.8 Å². The first kappa shape index (κ1) is 12.8. The van der Waals surface area contributed by atoms with Crippen LogP contribution in [0.2, 0.25) is 0 Å². The third kappa shape index (κ3) is 2.57. The lowest BCUT2D eigenvalue weighted by Crippen LogP contribution is -2.24. The molecule has 7 nitrogen and oxygen atoms in total. The summed E-state index contributed by atoms with van der Waals surface area (Å²) >= 11 is 0. The van der Waals surface area contributed by atoms with Gasteiger partial charge in [0.25, 0.3) is 0 Å². The van der Waals surface area contributed by atoms with Crippen molar-refractivity contribution in [1.82, 2.24) is 19.6 Å². The second-order valence-electron chi connectivity index (χ2n) is 4.16. The first-order chi connectivity index (χ1) is 10.3. The quantitative estimate of drug-likeness (QED) is 0.787. The van der Waals surface area contributed by atoms with E-state index in [0.29, 0.717) is 5.95 Å². The zero-order valence-corrected chi connectivity index (χ0v) is 10.9. The fourth-order valence-electron chi connectivity index (χ4n) is 1.87. The normalized spacial score (nSPS) is 10.3. The van der Waals surface area contributed by atoms with Crippen molar-refractivity contribution in [1.29, 1.82) is 0 Å². The molecule has 1 aromatic carbocycles. The molecule has 0 aliphatic rings. The summed E-state index contributed by atoms with van der Waals surface area (Å²) in [5.74, 6) is -0.509. The van der Waals surface area contributed by atoms with Crippen LogP contribution in [0.25, 0.3) is 0 Å². The molecule has 2 aromatic heterocycles. The van der Waals surface area contributed by atoms with Crippen LogP contribution in [-0.4, -0.2) is 30.7 Å². The van der Waals surface area contributed by atoms with Crippen LogP contribution in [0.3, 0.4) is 0 Å². The number of carboxylic acid groups (broad SMARTS) is 1. The number of aromatic nitrogens is 4. The molecular weight excluding hydrogens is 270 g/mol. The van der Waals surface area contributed by atoms with Gasteiger partial charge >= 0.3 is 5.97 Å². The number of carbonyl (C=O) groups is 1. The minimum Gasteiger partial charge on any atom is -0.478 e. The molecule has 21 heavy (non-hydrogen) atoms. The van der Waals surface area contributed by atoms with Crippen molar-refractivity contribution in [2.75, 3.05) is 5.01 Å². The highest BCUT2D eigenvalue weighted by Gasteiger charge is 2.14. The van der Waals surface area contributed by atoms with Gasteiger partial charge in [0.05, 0.1) is 11.3 Å². The van der Waals surface area contributed by atoms with Crippen molar-refractivity contribution in [3.8, 4) is 0 Å². The second-order valence-corrected chi connectivity index (χ2v) is 4.16. The lowest BCUT2D eigenvalue weighted by atomic mass is 10.2. The van der Waals surface area contributed by atoms with E-state index in [1.54, 1.807) is 59.0 Å². The number of hydrogen-bond acceptors (Lipinski definition) is 5. The maximum absolute atomic E-state index is 10.9. The standard InChI is InChI=1S/C14H11N5O2/c20-13(21)11-2-4-12(5-3-11)19(18-9-8-15-10-18)14-16-6-1-7-17-14/h1-10H,(H,20,21). The highest BCUT2D eigenvalue weighted by Crippen LogP contribution is 2.22. The average Bonchev–Trinajstić information content (AvgIpc) is 3.03. The Labute approximate surface area is 120 Å².